The molecular formula is C18H28N2O. The van der Waals surface area contributed by atoms with Crippen LogP contribution in [-0.4, -0.2) is 19.0 Å². The van der Waals surface area contributed by atoms with Crippen LogP contribution in [0.4, 0.5) is 0 Å². The molecule has 21 heavy (non-hydrogen) atoms. The largest absolute Gasteiger partial charge is 0.352 e. The molecular weight excluding hydrogens is 260 g/mol. The van der Waals surface area contributed by atoms with Gasteiger partial charge >= 0.3 is 0 Å². The van der Waals surface area contributed by atoms with Crippen molar-refractivity contribution in [2.75, 3.05) is 13.1 Å². The Labute approximate surface area is 128 Å². The summed E-state index contributed by atoms with van der Waals surface area (Å²) in [5.41, 5.74) is 3.33. The fourth-order valence-corrected chi connectivity index (χ4v) is 2.93. The Bertz CT molecular complexity index is 462. The molecule has 2 N–H and O–H groups in total. The maximum atomic E-state index is 12.2. The van der Waals surface area contributed by atoms with E-state index < -0.39 is 0 Å². The van der Waals surface area contributed by atoms with Crippen molar-refractivity contribution in [2.45, 2.75) is 58.4 Å². The molecule has 1 heterocycles. The first kappa shape index (κ1) is 16.0. The molecule has 0 fully saturated rings. The second-order valence-corrected chi connectivity index (χ2v) is 5.92. The summed E-state index contributed by atoms with van der Waals surface area (Å²) in [6.07, 6.45) is 6.72. The van der Waals surface area contributed by atoms with Crippen LogP contribution in [0.3, 0.4) is 0 Å². The number of hydrogen-bond donors (Lipinski definition) is 2. The Balaban J connectivity index is 2.22. The van der Waals surface area contributed by atoms with Gasteiger partial charge in [0.15, 0.2) is 0 Å². The molecule has 1 aromatic rings. The van der Waals surface area contributed by atoms with Crippen molar-refractivity contribution in [3.63, 3.8) is 0 Å². The highest BCUT2D eigenvalue weighted by atomic mass is 16.1. The Kier molecular flexibility index (Phi) is 6.24. The van der Waals surface area contributed by atoms with Crippen molar-refractivity contribution in [3.8, 4) is 0 Å². The number of benzene rings is 1. The van der Waals surface area contributed by atoms with E-state index >= 15 is 0 Å². The van der Waals surface area contributed by atoms with Crippen LogP contribution in [0.5, 0.6) is 0 Å². The first-order valence-electron chi connectivity index (χ1n) is 8.40. The van der Waals surface area contributed by atoms with E-state index in [1.807, 2.05) is 0 Å². The Morgan fingerprint density at radius 1 is 1.29 bits per heavy atom. The van der Waals surface area contributed by atoms with Gasteiger partial charge in [-0.05, 0) is 49.4 Å². The lowest BCUT2D eigenvalue weighted by Crippen LogP contribution is -2.24. The van der Waals surface area contributed by atoms with Gasteiger partial charge in [-0.1, -0.05) is 38.8 Å². The normalized spacial score (nSPS) is 16.0. The molecule has 2 rings (SSSR count). The summed E-state index contributed by atoms with van der Waals surface area (Å²) in [6.45, 7) is 6.23. The van der Waals surface area contributed by atoms with Gasteiger partial charge in [0.25, 0.3) is 5.91 Å². The molecule has 0 bridgehead atoms. The monoisotopic (exact) mass is 288 g/mol. The Hall–Kier alpha value is -1.35. The molecule has 0 saturated carbocycles. The van der Waals surface area contributed by atoms with Crippen LogP contribution in [0.2, 0.25) is 0 Å². The van der Waals surface area contributed by atoms with E-state index in [1.165, 1.54) is 24.0 Å². The molecule has 0 aliphatic carbocycles. The summed E-state index contributed by atoms with van der Waals surface area (Å²) >= 11 is 0. The molecule has 3 heteroatoms. The second kappa shape index (κ2) is 8.18. The summed E-state index contributed by atoms with van der Waals surface area (Å²) < 4.78 is 0. The number of carbonyl (C=O) groups excluding carboxylic acids is 1. The third kappa shape index (κ3) is 4.31. The van der Waals surface area contributed by atoms with Crippen LogP contribution >= 0.6 is 0 Å². The zero-order chi connectivity index (χ0) is 15.1. The molecule has 0 saturated heterocycles. The van der Waals surface area contributed by atoms with Crippen LogP contribution < -0.4 is 10.6 Å². The van der Waals surface area contributed by atoms with Gasteiger partial charge in [-0.15, -0.1) is 0 Å². The van der Waals surface area contributed by atoms with Gasteiger partial charge in [0, 0.05) is 18.2 Å². The molecule has 1 unspecified atom stereocenters. The molecule has 1 aliphatic rings. The highest BCUT2D eigenvalue weighted by Crippen LogP contribution is 2.24. The van der Waals surface area contributed by atoms with Gasteiger partial charge in [-0.25, -0.2) is 0 Å². The quantitative estimate of drug-likeness (QED) is 0.805. The smallest absolute Gasteiger partial charge is 0.251 e. The molecule has 1 amide bonds. The van der Waals surface area contributed by atoms with Crippen molar-refractivity contribution < 1.29 is 4.79 Å². The van der Waals surface area contributed by atoms with Crippen LogP contribution in [-0.2, 0) is 6.42 Å². The lowest BCUT2D eigenvalue weighted by Gasteiger charge is -2.20. The average Bonchev–Trinajstić information content (AvgIpc) is 2.69. The fourth-order valence-electron chi connectivity index (χ4n) is 2.93. The topological polar surface area (TPSA) is 41.1 Å². The molecule has 116 valence electrons. The zero-order valence-electron chi connectivity index (χ0n) is 13.4. The Morgan fingerprint density at radius 2 is 2.14 bits per heavy atom. The lowest BCUT2D eigenvalue weighted by molar-refractivity contribution is 0.0956. The standard InChI is InChI=1S/C18H28N2O/c1-3-5-8-17(19-11-4-2)15-10-9-14-7-6-12-20-18(21)16(14)13-15/h9-10,13,17,19H,3-8,11-12H2,1-2H3,(H,20,21). The summed E-state index contributed by atoms with van der Waals surface area (Å²) in [4.78, 5) is 12.2. The van der Waals surface area contributed by atoms with E-state index in [2.05, 4.69) is 42.7 Å². The van der Waals surface area contributed by atoms with E-state index in [0.29, 0.717) is 6.04 Å². The average molecular weight is 288 g/mol. The highest BCUT2D eigenvalue weighted by Gasteiger charge is 2.18. The third-order valence-electron chi connectivity index (χ3n) is 4.18. The molecule has 1 aliphatic heterocycles. The number of nitrogens with one attached hydrogen (secondary N) is 2. The molecule has 1 atom stereocenters. The summed E-state index contributed by atoms with van der Waals surface area (Å²) in [5, 5.41) is 6.62. The lowest BCUT2D eigenvalue weighted by atomic mass is 9.95. The minimum atomic E-state index is 0.0917. The van der Waals surface area contributed by atoms with E-state index in [1.54, 1.807) is 0 Å². The number of hydrogen-bond acceptors (Lipinski definition) is 2. The van der Waals surface area contributed by atoms with E-state index in [4.69, 9.17) is 0 Å². The maximum Gasteiger partial charge on any atom is 0.251 e. The first-order valence-corrected chi connectivity index (χ1v) is 8.40. The van der Waals surface area contributed by atoms with Crippen molar-refractivity contribution in [2.24, 2.45) is 0 Å². The molecule has 0 spiro atoms. The van der Waals surface area contributed by atoms with Crippen LogP contribution in [0.15, 0.2) is 18.2 Å². The molecule has 1 aromatic carbocycles. The minimum Gasteiger partial charge on any atom is -0.352 e. The van der Waals surface area contributed by atoms with Gasteiger partial charge in [-0.2, -0.15) is 0 Å². The second-order valence-electron chi connectivity index (χ2n) is 5.92. The molecule has 3 nitrogen and oxygen atoms in total. The molecule has 0 radical (unpaired) electrons. The SMILES string of the molecule is CCCCC(NCCC)c1ccc2c(c1)C(=O)NCCC2. The predicted octanol–water partition coefficient (Wildman–Crippen LogP) is 3.59. The van der Waals surface area contributed by atoms with Gasteiger partial charge in [-0.3, -0.25) is 4.79 Å². The van der Waals surface area contributed by atoms with Gasteiger partial charge in [0.1, 0.15) is 0 Å². The van der Waals surface area contributed by atoms with Crippen molar-refractivity contribution in [1.82, 2.24) is 10.6 Å². The van der Waals surface area contributed by atoms with E-state index in [9.17, 15) is 4.79 Å². The number of aryl methyl sites for hydroxylation is 1. The first-order chi connectivity index (χ1) is 10.3. The third-order valence-corrected chi connectivity index (χ3v) is 4.18. The van der Waals surface area contributed by atoms with Crippen LogP contribution in [0.25, 0.3) is 0 Å². The van der Waals surface area contributed by atoms with Crippen LogP contribution in [0, 0.1) is 0 Å². The molecule has 0 aromatic heterocycles. The van der Waals surface area contributed by atoms with Crippen molar-refractivity contribution >= 4 is 5.91 Å². The predicted molar refractivity (Wildman–Crippen MR) is 87.7 cm³/mol. The fraction of sp³-hybridized carbons (Fsp3) is 0.611. The van der Waals surface area contributed by atoms with Gasteiger partial charge in [0.05, 0.1) is 0 Å². The van der Waals surface area contributed by atoms with Crippen molar-refractivity contribution in [3.05, 3.63) is 34.9 Å². The number of rotatable bonds is 7. The van der Waals surface area contributed by atoms with E-state index in [0.717, 1.165) is 44.3 Å². The van der Waals surface area contributed by atoms with Crippen molar-refractivity contribution in [1.29, 1.82) is 0 Å². The zero-order valence-corrected chi connectivity index (χ0v) is 13.4. The summed E-state index contributed by atoms with van der Waals surface area (Å²) in [7, 11) is 0. The van der Waals surface area contributed by atoms with Gasteiger partial charge < -0.3 is 10.6 Å². The number of amides is 1. The maximum absolute atomic E-state index is 12.2. The summed E-state index contributed by atoms with van der Waals surface area (Å²) in [5.74, 6) is 0.0917. The van der Waals surface area contributed by atoms with E-state index in [-0.39, 0.29) is 5.91 Å². The number of carbonyl (C=O) groups is 1. The Morgan fingerprint density at radius 3 is 2.90 bits per heavy atom. The number of unbranched alkanes of at least 4 members (excludes halogenated alkanes) is 1. The van der Waals surface area contributed by atoms with Crippen LogP contribution in [0.1, 0.15) is 73.5 Å². The van der Waals surface area contributed by atoms with Gasteiger partial charge in [0.2, 0.25) is 0 Å². The highest BCUT2D eigenvalue weighted by molar-refractivity contribution is 5.96. The summed E-state index contributed by atoms with van der Waals surface area (Å²) in [6, 6.07) is 6.84. The number of fused-ring (bicyclic) bond motifs is 1. The minimum absolute atomic E-state index is 0.0917.